The zero-order chi connectivity index (χ0) is 21.2. The maximum atomic E-state index is 10.7. The number of fused-ring (bicyclic) bond motifs is 5. The van der Waals surface area contributed by atoms with Crippen molar-refractivity contribution < 1.29 is 10.2 Å². The van der Waals surface area contributed by atoms with Gasteiger partial charge in [-0.25, -0.2) is 0 Å². The summed E-state index contributed by atoms with van der Waals surface area (Å²) in [4.78, 5) is 0. The van der Waals surface area contributed by atoms with E-state index in [0.717, 1.165) is 54.8 Å². The van der Waals surface area contributed by atoms with E-state index in [9.17, 15) is 10.2 Å². The molecule has 2 N–H and O–H groups in total. The molecule has 0 aromatic carbocycles. The van der Waals surface area contributed by atoms with Crippen LogP contribution in [0, 0.1) is 46.3 Å². The zero-order valence-corrected chi connectivity index (χ0v) is 20.1. The van der Waals surface area contributed by atoms with Gasteiger partial charge < -0.3 is 10.2 Å². The molecular formula is C27H48O2. The number of hydrogen-bond acceptors (Lipinski definition) is 2. The lowest BCUT2D eigenvalue weighted by molar-refractivity contribution is -0.148. The fourth-order valence-corrected chi connectivity index (χ4v) is 9.19. The molecule has 0 radical (unpaired) electrons. The molecule has 4 aliphatic rings. The third-order valence-corrected chi connectivity index (χ3v) is 10.9. The van der Waals surface area contributed by atoms with Crippen molar-refractivity contribution in [2.45, 2.75) is 123 Å². The quantitative estimate of drug-likeness (QED) is 0.555. The Kier molecular flexibility index (Phi) is 5.51. The van der Waals surface area contributed by atoms with Gasteiger partial charge >= 0.3 is 0 Å². The molecule has 0 saturated heterocycles. The van der Waals surface area contributed by atoms with E-state index in [1.807, 2.05) is 13.8 Å². The zero-order valence-electron chi connectivity index (χ0n) is 20.1. The van der Waals surface area contributed by atoms with E-state index in [2.05, 4.69) is 27.7 Å². The molecule has 4 fully saturated rings. The average Bonchev–Trinajstić information content (AvgIpc) is 2.97. The van der Waals surface area contributed by atoms with Crippen molar-refractivity contribution in [1.29, 1.82) is 0 Å². The summed E-state index contributed by atoms with van der Waals surface area (Å²) < 4.78 is 0. The summed E-state index contributed by atoms with van der Waals surface area (Å²) in [6.07, 6.45) is 13.8. The van der Waals surface area contributed by atoms with Gasteiger partial charge in [-0.2, -0.15) is 0 Å². The van der Waals surface area contributed by atoms with Crippen LogP contribution in [0.1, 0.15) is 112 Å². The molecule has 4 saturated carbocycles. The molecule has 0 heterocycles. The fourth-order valence-electron chi connectivity index (χ4n) is 9.19. The second-order valence-corrected chi connectivity index (χ2v) is 13.4. The number of hydrogen-bond donors (Lipinski definition) is 2. The highest BCUT2D eigenvalue weighted by Crippen LogP contribution is 2.68. The maximum absolute atomic E-state index is 10.7. The molecule has 0 aromatic heterocycles. The van der Waals surface area contributed by atoms with E-state index in [1.165, 1.54) is 51.4 Å². The molecule has 0 amide bonds. The third-order valence-electron chi connectivity index (χ3n) is 10.9. The van der Waals surface area contributed by atoms with Gasteiger partial charge in [0.2, 0.25) is 0 Å². The molecule has 2 heteroatoms. The Bertz CT molecular complexity index is 604. The van der Waals surface area contributed by atoms with Crippen LogP contribution in [0.15, 0.2) is 0 Å². The predicted molar refractivity (Wildman–Crippen MR) is 121 cm³/mol. The lowest BCUT2D eigenvalue weighted by Gasteiger charge is -2.62. The first kappa shape index (κ1) is 22.1. The molecule has 0 aromatic rings. The van der Waals surface area contributed by atoms with Crippen molar-refractivity contribution in [2.24, 2.45) is 46.3 Å². The van der Waals surface area contributed by atoms with E-state index in [1.54, 1.807) is 0 Å². The standard InChI is InChI=1S/C27H48O2/c1-18(11-13-24(2,3)28)21-9-10-22-20-8-7-19-17-25(4,29)15-16-26(19,5)23(20)12-14-27(21,22)6/h18-23,28-29H,7-17H2,1-6H3/t18?,19-,20-,21?,22-,23-,25-,26-,27+/m0/s1. The van der Waals surface area contributed by atoms with Gasteiger partial charge in [0.25, 0.3) is 0 Å². The van der Waals surface area contributed by atoms with Gasteiger partial charge in [-0.05, 0) is 138 Å². The molecule has 2 unspecified atom stereocenters. The van der Waals surface area contributed by atoms with Crippen LogP contribution < -0.4 is 0 Å². The third kappa shape index (κ3) is 3.84. The van der Waals surface area contributed by atoms with Crippen LogP contribution in [0.3, 0.4) is 0 Å². The molecule has 9 atom stereocenters. The normalized spacial score (nSPS) is 51.1. The van der Waals surface area contributed by atoms with Crippen LogP contribution in [0.2, 0.25) is 0 Å². The summed E-state index contributed by atoms with van der Waals surface area (Å²) in [7, 11) is 0. The predicted octanol–water partition coefficient (Wildman–Crippen LogP) is 6.58. The van der Waals surface area contributed by atoms with Crippen molar-refractivity contribution >= 4 is 0 Å². The van der Waals surface area contributed by atoms with Crippen LogP contribution in [0.4, 0.5) is 0 Å². The average molecular weight is 405 g/mol. The Morgan fingerprint density at radius 2 is 1.59 bits per heavy atom. The van der Waals surface area contributed by atoms with Crippen molar-refractivity contribution in [3.8, 4) is 0 Å². The fraction of sp³-hybridized carbons (Fsp3) is 1.00. The minimum atomic E-state index is -0.528. The summed E-state index contributed by atoms with van der Waals surface area (Å²) in [6, 6.07) is 0. The second kappa shape index (κ2) is 7.22. The molecular weight excluding hydrogens is 356 g/mol. The highest BCUT2D eigenvalue weighted by atomic mass is 16.3. The number of rotatable bonds is 4. The smallest absolute Gasteiger partial charge is 0.0622 e. The molecule has 0 spiro atoms. The van der Waals surface area contributed by atoms with Gasteiger partial charge in [-0.1, -0.05) is 20.8 Å². The van der Waals surface area contributed by atoms with Crippen LogP contribution in [-0.2, 0) is 0 Å². The van der Waals surface area contributed by atoms with E-state index < -0.39 is 11.2 Å². The number of aliphatic hydroxyl groups is 2. The minimum absolute atomic E-state index is 0.422. The first-order valence-electron chi connectivity index (χ1n) is 12.8. The molecule has 4 rings (SSSR count). The minimum Gasteiger partial charge on any atom is -0.390 e. The summed E-state index contributed by atoms with van der Waals surface area (Å²) >= 11 is 0. The monoisotopic (exact) mass is 404 g/mol. The largest absolute Gasteiger partial charge is 0.390 e. The van der Waals surface area contributed by atoms with Gasteiger partial charge in [0.1, 0.15) is 0 Å². The second-order valence-electron chi connectivity index (χ2n) is 13.4. The Morgan fingerprint density at radius 3 is 2.28 bits per heavy atom. The SMILES string of the molecule is CC(CCC(C)(C)O)C1CC[C@H]2[C@@H]3CC[C@H]4C[C@@](C)(O)CC[C@]4(C)[C@H]3CC[C@]12C. The van der Waals surface area contributed by atoms with E-state index in [4.69, 9.17) is 0 Å². The summed E-state index contributed by atoms with van der Waals surface area (Å²) in [5.41, 5.74) is 0.0369. The van der Waals surface area contributed by atoms with Crippen LogP contribution in [0.25, 0.3) is 0 Å². The summed E-state index contributed by atoms with van der Waals surface area (Å²) in [6.45, 7) is 13.7. The van der Waals surface area contributed by atoms with Crippen LogP contribution >= 0.6 is 0 Å². The maximum Gasteiger partial charge on any atom is 0.0622 e. The van der Waals surface area contributed by atoms with Crippen molar-refractivity contribution in [1.82, 2.24) is 0 Å². The Labute approximate surface area is 180 Å². The van der Waals surface area contributed by atoms with E-state index in [-0.39, 0.29) is 0 Å². The van der Waals surface area contributed by atoms with Crippen molar-refractivity contribution in [3.05, 3.63) is 0 Å². The highest BCUT2D eigenvalue weighted by Gasteiger charge is 2.61. The van der Waals surface area contributed by atoms with E-state index >= 15 is 0 Å². The molecule has 29 heavy (non-hydrogen) atoms. The highest BCUT2D eigenvalue weighted by molar-refractivity contribution is 5.10. The van der Waals surface area contributed by atoms with Gasteiger partial charge in [-0.3, -0.25) is 0 Å². The first-order chi connectivity index (χ1) is 13.4. The Hall–Kier alpha value is -0.0800. The lowest BCUT2D eigenvalue weighted by atomic mass is 9.43. The molecule has 0 aliphatic heterocycles. The summed E-state index contributed by atoms with van der Waals surface area (Å²) in [5.74, 6) is 5.03. The van der Waals surface area contributed by atoms with Crippen molar-refractivity contribution in [2.75, 3.05) is 0 Å². The van der Waals surface area contributed by atoms with Crippen LogP contribution in [0.5, 0.6) is 0 Å². The molecule has 4 aliphatic carbocycles. The topological polar surface area (TPSA) is 40.5 Å². The van der Waals surface area contributed by atoms with Gasteiger partial charge in [-0.15, -0.1) is 0 Å². The molecule has 0 bridgehead atoms. The first-order valence-corrected chi connectivity index (χ1v) is 12.8. The molecule has 168 valence electrons. The van der Waals surface area contributed by atoms with Crippen LogP contribution in [-0.4, -0.2) is 21.4 Å². The Morgan fingerprint density at radius 1 is 0.897 bits per heavy atom. The van der Waals surface area contributed by atoms with Gasteiger partial charge in [0.05, 0.1) is 11.2 Å². The van der Waals surface area contributed by atoms with Crippen molar-refractivity contribution in [3.63, 3.8) is 0 Å². The van der Waals surface area contributed by atoms with E-state index in [0.29, 0.717) is 10.8 Å². The Balaban J connectivity index is 1.49. The van der Waals surface area contributed by atoms with Gasteiger partial charge in [0.15, 0.2) is 0 Å². The van der Waals surface area contributed by atoms with Gasteiger partial charge in [0, 0.05) is 0 Å². The molecule has 2 nitrogen and oxygen atoms in total. The summed E-state index contributed by atoms with van der Waals surface area (Å²) in [5, 5.41) is 20.9. The lowest BCUT2D eigenvalue weighted by Crippen LogP contribution is -2.55.